The van der Waals surface area contributed by atoms with E-state index >= 15 is 0 Å². The van der Waals surface area contributed by atoms with Gasteiger partial charge in [0.05, 0.1) is 6.04 Å². The van der Waals surface area contributed by atoms with Crippen LogP contribution in [0.3, 0.4) is 0 Å². The monoisotopic (exact) mass is 661 g/mol. The van der Waals surface area contributed by atoms with Crippen LogP contribution in [0.4, 0.5) is 5.95 Å². The molecule has 48 heavy (non-hydrogen) atoms. The summed E-state index contributed by atoms with van der Waals surface area (Å²) in [7, 11) is 0. The highest BCUT2D eigenvalue weighted by atomic mass is 16.3. The summed E-state index contributed by atoms with van der Waals surface area (Å²) in [5.74, 6) is -2.34. The van der Waals surface area contributed by atoms with Crippen LogP contribution in [0.5, 0.6) is 5.75 Å². The number of carbonyl (C=O) groups is 4. The van der Waals surface area contributed by atoms with Gasteiger partial charge in [0, 0.05) is 24.7 Å². The van der Waals surface area contributed by atoms with Crippen molar-refractivity contribution in [2.75, 3.05) is 12.3 Å². The van der Waals surface area contributed by atoms with Gasteiger partial charge in [-0.3, -0.25) is 19.2 Å². The first-order chi connectivity index (χ1) is 22.9. The molecule has 258 valence electrons. The molecule has 14 heteroatoms. The number of aromatic nitrogens is 2. The van der Waals surface area contributed by atoms with Gasteiger partial charge in [-0.1, -0.05) is 30.3 Å². The highest BCUT2D eigenvalue weighted by molar-refractivity contribution is 5.94. The van der Waals surface area contributed by atoms with Gasteiger partial charge in [0.1, 0.15) is 23.9 Å². The van der Waals surface area contributed by atoms with E-state index in [1.807, 2.05) is 30.3 Å². The number of aryl methyl sites for hydroxylation is 3. The second-order valence-corrected chi connectivity index (χ2v) is 11.9. The van der Waals surface area contributed by atoms with Crippen LogP contribution in [0, 0.1) is 13.8 Å². The number of nitrogen functional groups attached to an aromatic ring is 1. The number of anilines is 1. The largest absolute Gasteiger partial charge is 0.508 e. The lowest BCUT2D eigenvalue weighted by Gasteiger charge is -2.26. The van der Waals surface area contributed by atoms with Gasteiger partial charge in [-0.2, -0.15) is 0 Å². The Hall–Kier alpha value is -5.08. The normalized spacial score (nSPS) is 13.5. The van der Waals surface area contributed by atoms with Gasteiger partial charge in [-0.25, -0.2) is 9.97 Å². The average Bonchev–Trinajstić information content (AvgIpc) is 3.04. The number of hydrogen-bond donors (Lipinski definition) is 8. The van der Waals surface area contributed by atoms with Gasteiger partial charge in [-0.05, 0) is 92.9 Å². The van der Waals surface area contributed by atoms with Crippen LogP contribution in [0.1, 0.15) is 53.6 Å². The number of phenols is 1. The van der Waals surface area contributed by atoms with E-state index in [1.165, 1.54) is 6.20 Å². The van der Waals surface area contributed by atoms with Crippen molar-refractivity contribution in [3.8, 4) is 5.75 Å². The van der Waals surface area contributed by atoms with Crippen LogP contribution >= 0.6 is 0 Å². The lowest BCUT2D eigenvalue weighted by Crippen LogP contribution is -2.58. The Morgan fingerprint density at radius 3 is 2.08 bits per heavy atom. The highest BCUT2D eigenvalue weighted by Crippen LogP contribution is 2.22. The molecule has 1 aromatic heterocycles. The number of carbonyl (C=O) groups excluding carboxylic acids is 4. The number of nitrogens with zero attached hydrogens (tertiary/aromatic N) is 2. The van der Waals surface area contributed by atoms with Crippen molar-refractivity contribution < 1.29 is 24.3 Å². The lowest BCUT2D eigenvalue weighted by molar-refractivity contribution is -0.133. The number of hydrogen-bond acceptors (Lipinski definition) is 10. The number of nitrogens with one attached hydrogen (secondary N) is 3. The fraction of sp³-hybridized carbons (Fsp3) is 0.412. The summed E-state index contributed by atoms with van der Waals surface area (Å²) < 4.78 is 0. The van der Waals surface area contributed by atoms with E-state index in [1.54, 1.807) is 32.0 Å². The number of rotatable bonds is 18. The summed E-state index contributed by atoms with van der Waals surface area (Å²) >= 11 is 0. The van der Waals surface area contributed by atoms with E-state index in [4.69, 9.17) is 22.9 Å². The van der Waals surface area contributed by atoms with Crippen molar-refractivity contribution in [1.29, 1.82) is 0 Å². The predicted molar refractivity (Wildman–Crippen MR) is 182 cm³/mol. The summed E-state index contributed by atoms with van der Waals surface area (Å²) in [6, 6.07) is 9.70. The van der Waals surface area contributed by atoms with Gasteiger partial charge < -0.3 is 44.0 Å². The standard InChI is InChI=1S/C34H47N9O5/c1-20-16-24(44)17-21(2)25(20)19-29(43-31(46)26(36)12-11-23-13-15-39-34(38)40-23)33(48)41-27(10-6-7-14-35)32(47)42-28(30(37)45)18-22-8-4-3-5-9-22/h3-5,8-9,13,15-17,26-29,44H,6-7,10-12,14,18-19,35-36H2,1-2H3,(H2,37,45)(H,41,48)(H,42,47)(H,43,46)(H2,38,39,40)/t26-,27+,28+,29+/m1/s1. The maximum absolute atomic E-state index is 13.9. The summed E-state index contributed by atoms with van der Waals surface area (Å²) in [6.45, 7) is 3.97. The van der Waals surface area contributed by atoms with Crippen LogP contribution in [-0.4, -0.2) is 69.4 Å². The van der Waals surface area contributed by atoms with E-state index in [0.29, 0.717) is 42.6 Å². The molecule has 0 spiro atoms. The first-order valence-electron chi connectivity index (χ1n) is 15.9. The van der Waals surface area contributed by atoms with Crippen LogP contribution in [0.2, 0.25) is 0 Å². The number of amides is 4. The Labute approximate surface area is 280 Å². The predicted octanol–water partition coefficient (Wildman–Crippen LogP) is 0.195. The minimum Gasteiger partial charge on any atom is -0.508 e. The number of phenolic OH excluding ortho intramolecular Hbond substituents is 1. The molecule has 3 aromatic rings. The van der Waals surface area contributed by atoms with E-state index < -0.39 is 47.8 Å². The summed E-state index contributed by atoms with van der Waals surface area (Å²) in [4.78, 5) is 61.1. The molecular weight excluding hydrogens is 614 g/mol. The number of nitrogens with two attached hydrogens (primary N) is 4. The van der Waals surface area contributed by atoms with Crippen LogP contribution < -0.4 is 38.9 Å². The van der Waals surface area contributed by atoms with Crippen molar-refractivity contribution in [3.05, 3.63) is 82.7 Å². The number of aromatic hydroxyl groups is 1. The zero-order chi connectivity index (χ0) is 35.2. The molecule has 3 rings (SSSR count). The van der Waals surface area contributed by atoms with Crippen molar-refractivity contribution >= 4 is 29.6 Å². The van der Waals surface area contributed by atoms with Crippen molar-refractivity contribution in [3.63, 3.8) is 0 Å². The fourth-order valence-electron chi connectivity index (χ4n) is 5.35. The van der Waals surface area contributed by atoms with Crippen LogP contribution in [0.25, 0.3) is 0 Å². The molecule has 0 fully saturated rings. The second kappa shape index (κ2) is 18.3. The maximum atomic E-state index is 13.9. The zero-order valence-electron chi connectivity index (χ0n) is 27.4. The van der Waals surface area contributed by atoms with Crippen molar-refractivity contribution in [2.24, 2.45) is 17.2 Å². The number of benzene rings is 2. The van der Waals surface area contributed by atoms with E-state index in [-0.39, 0.29) is 37.4 Å². The zero-order valence-corrected chi connectivity index (χ0v) is 27.4. The molecule has 2 aromatic carbocycles. The van der Waals surface area contributed by atoms with Crippen LogP contribution in [-0.2, 0) is 38.4 Å². The molecule has 12 N–H and O–H groups in total. The summed E-state index contributed by atoms with van der Waals surface area (Å²) in [5.41, 5.74) is 26.8. The highest BCUT2D eigenvalue weighted by Gasteiger charge is 2.31. The molecule has 0 aliphatic carbocycles. The third-order valence-electron chi connectivity index (χ3n) is 8.02. The molecule has 0 bridgehead atoms. The second-order valence-electron chi connectivity index (χ2n) is 11.9. The van der Waals surface area contributed by atoms with Crippen LogP contribution in [0.15, 0.2) is 54.7 Å². The Morgan fingerprint density at radius 1 is 0.833 bits per heavy atom. The topological polar surface area (TPSA) is 254 Å². The molecule has 0 saturated carbocycles. The molecule has 1 heterocycles. The molecule has 14 nitrogen and oxygen atoms in total. The molecule has 0 unspecified atom stereocenters. The first kappa shape index (κ1) is 37.4. The number of primary amides is 1. The molecule has 4 amide bonds. The van der Waals surface area contributed by atoms with Crippen molar-refractivity contribution in [1.82, 2.24) is 25.9 Å². The quantitative estimate of drug-likeness (QED) is 0.0859. The SMILES string of the molecule is Cc1cc(O)cc(C)c1C[C@H](NC(=O)[C@H](N)CCc1ccnc(N)n1)C(=O)N[C@@H](CCCCN)C(=O)N[C@@H](Cc1ccccc1)C(N)=O. The minimum atomic E-state index is -1.14. The van der Waals surface area contributed by atoms with Crippen molar-refractivity contribution in [2.45, 2.75) is 83.0 Å². The Balaban J connectivity index is 1.82. The molecule has 0 radical (unpaired) electrons. The van der Waals surface area contributed by atoms with Gasteiger partial charge in [0.25, 0.3) is 0 Å². The average molecular weight is 662 g/mol. The van der Waals surface area contributed by atoms with Gasteiger partial charge in [-0.15, -0.1) is 0 Å². The third kappa shape index (κ3) is 11.6. The molecule has 0 aliphatic heterocycles. The molecular formula is C34H47N9O5. The maximum Gasteiger partial charge on any atom is 0.243 e. The Bertz CT molecular complexity index is 1530. The van der Waals surface area contributed by atoms with E-state index in [2.05, 4.69) is 25.9 Å². The smallest absolute Gasteiger partial charge is 0.243 e. The summed E-state index contributed by atoms with van der Waals surface area (Å²) in [6.07, 6.45) is 3.64. The van der Waals surface area contributed by atoms with Gasteiger partial charge in [0.2, 0.25) is 29.6 Å². The Kier molecular flexibility index (Phi) is 14.3. The minimum absolute atomic E-state index is 0.0553. The van der Waals surface area contributed by atoms with Gasteiger partial charge in [0.15, 0.2) is 0 Å². The van der Waals surface area contributed by atoms with E-state index in [9.17, 15) is 24.3 Å². The third-order valence-corrected chi connectivity index (χ3v) is 8.02. The summed E-state index contributed by atoms with van der Waals surface area (Å²) in [5, 5.41) is 18.3. The van der Waals surface area contributed by atoms with E-state index in [0.717, 1.165) is 11.1 Å². The first-order valence-corrected chi connectivity index (χ1v) is 15.9. The fourth-order valence-corrected chi connectivity index (χ4v) is 5.35. The van der Waals surface area contributed by atoms with Gasteiger partial charge >= 0.3 is 0 Å². The molecule has 4 atom stereocenters. The lowest BCUT2D eigenvalue weighted by atomic mass is 9.95. The Morgan fingerprint density at radius 2 is 1.46 bits per heavy atom. The molecule has 0 saturated heterocycles. The number of unbranched alkanes of at least 4 members (excludes halogenated alkanes) is 1. The molecule has 0 aliphatic rings.